The van der Waals surface area contributed by atoms with Crippen LogP contribution in [0.4, 0.5) is 17.5 Å². The number of nitrogens with zero attached hydrogens (tertiary/aromatic N) is 4. The third kappa shape index (κ3) is 6.81. The number of halogens is 1. The highest BCUT2D eigenvalue weighted by Crippen LogP contribution is 2.25. The summed E-state index contributed by atoms with van der Waals surface area (Å²) in [7, 11) is -4.74. The highest BCUT2D eigenvalue weighted by molar-refractivity contribution is 9.10. The van der Waals surface area contributed by atoms with E-state index in [0.29, 0.717) is 16.2 Å². The SMILES string of the molecule is Cc1ccc(S(=O)(=O)N=[S@@](C)c2ccc(Nc3ncc(Br)c(N[C@H](C)C(C)(C)O)n3)cc2)nc1. The maximum Gasteiger partial charge on any atom is 0.305 e. The zero-order chi connectivity index (χ0) is 25.1. The standard InChI is InChI=1S/C22H27BrN6O3S2/c1-14-6-11-19(24-12-14)34(31,32)29-33(5)17-9-7-16(8-10-17)27-21-25-13-18(23)20(28-21)26-15(2)22(3,4)30/h6-13,15,30H,1-5H3,(H2,25,26,27,28)/t15-,33+/m1/s1. The molecule has 0 aliphatic heterocycles. The molecule has 3 rings (SSSR count). The van der Waals surface area contributed by atoms with Crippen LogP contribution in [0.3, 0.4) is 0 Å². The lowest BCUT2D eigenvalue weighted by Crippen LogP contribution is -2.39. The Bertz CT molecular complexity index is 1290. The van der Waals surface area contributed by atoms with Crippen molar-refractivity contribution >= 4 is 54.1 Å². The molecule has 0 aliphatic rings. The molecule has 0 unspecified atom stereocenters. The molecule has 182 valence electrons. The molecule has 9 nitrogen and oxygen atoms in total. The van der Waals surface area contributed by atoms with Crippen LogP contribution >= 0.6 is 15.9 Å². The lowest BCUT2D eigenvalue weighted by molar-refractivity contribution is 0.0647. The van der Waals surface area contributed by atoms with Crippen LogP contribution in [0.15, 0.2) is 67.0 Å². The summed E-state index contributed by atoms with van der Waals surface area (Å²) in [6.07, 6.45) is 4.87. The maximum atomic E-state index is 12.6. The molecule has 0 aliphatic carbocycles. The van der Waals surface area contributed by atoms with Crippen LogP contribution in [0.2, 0.25) is 0 Å². The Labute approximate surface area is 210 Å². The van der Waals surface area contributed by atoms with Gasteiger partial charge < -0.3 is 15.7 Å². The van der Waals surface area contributed by atoms with E-state index >= 15 is 0 Å². The summed E-state index contributed by atoms with van der Waals surface area (Å²) in [6.45, 7) is 7.14. The summed E-state index contributed by atoms with van der Waals surface area (Å²) in [5.41, 5.74) is 0.675. The van der Waals surface area contributed by atoms with Crippen molar-refractivity contribution in [1.29, 1.82) is 0 Å². The Kier molecular flexibility index (Phi) is 8.06. The fourth-order valence-electron chi connectivity index (χ4n) is 2.61. The number of anilines is 3. The molecule has 0 saturated carbocycles. The fourth-order valence-corrected chi connectivity index (χ4v) is 5.70. The van der Waals surface area contributed by atoms with Crippen LogP contribution in [-0.2, 0) is 20.7 Å². The van der Waals surface area contributed by atoms with Crippen LogP contribution < -0.4 is 10.6 Å². The van der Waals surface area contributed by atoms with E-state index in [1.54, 1.807) is 44.5 Å². The summed E-state index contributed by atoms with van der Waals surface area (Å²) < 4.78 is 29.8. The highest BCUT2D eigenvalue weighted by atomic mass is 79.9. The van der Waals surface area contributed by atoms with E-state index in [-0.39, 0.29) is 11.1 Å². The van der Waals surface area contributed by atoms with Crippen LogP contribution in [0, 0.1) is 6.92 Å². The first-order chi connectivity index (χ1) is 15.8. The molecule has 1 aromatic carbocycles. The molecule has 0 radical (unpaired) electrons. The van der Waals surface area contributed by atoms with Crippen molar-refractivity contribution in [2.24, 2.45) is 3.77 Å². The number of pyridine rings is 1. The van der Waals surface area contributed by atoms with Gasteiger partial charge in [0.25, 0.3) is 0 Å². The third-order valence-electron chi connectivity index (χ3n) is 4.97. The third-order valence-corrected chi connectivity index (χ3v) is 8.95. The molecule has 34 heavy (non-hydrogen) atoms. The van der Waals surface area contributed by atoms with Crippen LogP contribution in [-0.4, -0.2) is 46.4 Å². The van der Waals surface area contributed by atoms with Crippen molar-refractivity contribution in [3.8, 4) is 0 Å². The quantitative estimate of drug-likeness (QED) is 0.365. The zero-order valence-electron chi connectivity index (χ0n) is 19.4. The summed E-state index contributed by atoms with van der Waals surface area (Å²) in [5.74, 6) is 0.919. The van der Waals surface area contributed by atoms with E-state index in [1.165, 1.54) is 12.3 Å². The van der Waals surface area contributed by atoms with Gasteiger partial charge in [0.15, 0.2) is 5.03 Å². The predicted octanol–water partition coefficient (Wildman–Crippen LogP) is 4.44. The highest BCUT2D eigenvalue weighted by Gasteiger charge is 2.23. The topological polar surface area (TPSA) is 129 Å². The van der Waals surface area contributed by atoms with Crippen molar-refractivity contribution in [3.05, 3.63) is 58.8 Å². The Morgan fingerprint density at radius 2 is 1.79 bits per heavy atom. The van der Waals surface area contributed by atoms with Gasteiger partial charge in [0.1, 0.15) is 5.82 Å². The van der Waals surface area contributed by atoms with Crippen molar-refractivity contribution in [2.45, 2.75) is 49.3 Å². The number of aliphatic hydroxyl groups is 1. The van der Waals surface area contributed by atoms with Gasteiger partial charge in [0, 0.05) is 23.0 Å². The van der Waals surface area contributed by atoms with Gasteiger partial charge in [-0.15, -0.1) is 3.77 Å². The average Bonchev–Trinajstić information content (AvgIpc) is 2.76. The second kappa shape index (κ2) is 10.5. The van der Waals surface area contributed by atoms with E-state index in [4.69, 9.17) is 0 Å². The molecule has 3 aromatic rings. The van der Waals surface area contributed by atoms with E-state index < -0.39 is 26.3 Å². The number of benzene rings is 1. The van der Waals surface area contributed by atoms with Gasteiger partial charge >= 0.3 is 10.0 Å². The minimum atomic E-state index is -3.85. The first-order valence-corrected chi connectivity index (χ1v) is 14.1. The molecule has 2 heterocycles. The molecule has 0 bridgehead atoms. The van der Waals surface area contributed by atoms with Gasteiger partial charge in [-0.25, -0.2) is 9.97 Å². The number of aryl methyl sites for hydroxylation is 1. The van der Waals surface area contributed by atoms with Crippen molar-refractivity contribution < 1.29 is 13.5 Å². The van der Waals surface area contributed by atoms with Gasteiger partial charge in [0.05, 0.1) is 16.1 Å². The molecule has 3 N–H and O–H groups in total. The van der Waals surface area contributed by atoms with E-state index in [9.17, 15) is 13.5 Å². The van der Waals surface area contributed by atoms with Crippen molar-refractivity contribution in [3.63, 3.8) is 0 Å². The van der Waals surface area contributed by atoms with Crippen molar-refractivity contribution in [2.75, 3.05) is 16.9 Å². The molecule has 2 aromatic heterocycles. The largest absolute Gasteiger partial charge is 0.388 e. The molecular formula is C22H27BrN6O3S2. The molecule has 0 amide bonds. The average molecular weight is 568 g/mol. The fraction of sp³-hybridized carbons (Fsp3) is 0.318. The minimum Gasteiger partial charge on any atom is -0.388 e. The molecule has 0 fully saturated rings. The second-order valence-electron chi connectivity index (χ2n) is 8.26. The number of rotatable bonds is 8. The number of hydrogen-bond acceptors (Lipinski definition) is 8. The summed E-state index contributed by atoms with van der Waals surface area (Å²) in [4.78, 5) is 13.5. The Morgan fingerprint density at radius 3 is 2.38 bits per heavy atom. The van der Waals surface area contributed by atoms with Gasteiger partial charge in [-0.05, 0) is 85.8 Å². The molecule has 0 spiro atoms. The molecule has 0 saturated heterocycles. The number of aromatic nitrogens is 3. The molecule has 2 atom stereocenters. The van der Waals surface area contributed by atoms with Crippen molar-refractivity contribution in [1.82, 2.24) is 15.0 Å². The smallest absolute Gasteiger partial charge is 0.305 e. The lowest BCUT2D eigenvalue weighted by atomic mass is 10.0. The summed E-state index contributed by atoms with van der Waals surface area (Å²) in [5, 5.41) is 16.4. The van der Waals surface area contributed by atoms with E-state index in [2.05, 4.69) is 45.3 Å². The monoisotopic (exact) mass is 566 g/mol. The van der Waals surface area contributed by atoms with Crippen LogP contribution in [0.5, 0.6) is 0 Å². The second-order valence-corrected chi connectivity index (χ2v) is 12.5. The first-order valence-electron chi connectivity index (χ1n) is 10.3. The molecule has 12 heteroatoms. The number of sulfonamides is 1. The summed E-state index contributed by atoms with van der Waals surface area (Å²) >= 11 is 3.42. The van der Waals surface area contributed by atoms with Gasteiger partial charge in [0.2, 0.25) is 5.95 Å². The van der Waals surface area contributed by atoms with Gasteiger partial charge in [-0.1, -0.05) is 16.8 Å². The van der Waals surface area contributed by atoms with Crippen LogP contribution in [0.25, 0.3) is 0 Å². The Morgan fingerprint density at radius 1 is 1.12 bits per heavy atom. The van der Waals surface area contributed by atoms with E-state index in [0.717, 1.165) is 16.1 Å². The lowest BCUT2D eigenvalue weighted by Gasteiger charge is -2.27. The zero-order valence-corrected chi connectivity index (χ0v) is 22.7. The minimum absolute atomic E-state index is 0.0635. The number of hydrogen-bond donors (Lipinski definition) is 3. The normalized spacial score (nSPS) is 14.0. The van der Waals surface area contributed by atoms with E-state index in [1.807, 2.05) is 26.0 Å². The number of nitrogens with one attached hydrogen (secondary N) is 2. The van der Waals surface area contributed by atoms with Crippen LogP contribution in [0.1, 0.15) is 26.3 Å². The predicted molar refractivity (Wildman–Crippen MR) is 139 cm³/mol. The Balaban J connectivity index is 1.75. The maximum absolute atomic E-state index is 12.6. The Hall–Kier alpha value is -2.41. The van der Waals surface area contributed by atoms with Gasteiger partial charge in [-0.2, -0.15) is 13.4 Å². The summed E-state index contributed by atoms with van der Waals surface area (Å²) in [6, 6.07) is 10.1. The molecular weight excluding hydrogens is 540 g/mol. The first kappa shape index (κ1) is 26.2. The van der Waals surface area contributed by atoms with Gasteiger partial charge in [-0.3, -0.25) is 0 Å².